The zero-order valence-corrected chi connectivity index (χ0v) is 8.90. The van der Waals surface area contributed by atoms with Crippen molar-refractivity contribution in [1.82, 2.24) is 4.90 Å². The standard InChI is InChI=1S/C12H14FNO2/c1-2-7-14(8-9-15)12(16)10-3-5-11(13)6-4-10/h2-6,15H,1,7-9H2. The Morgan fingerprint density at radius 3 is 2.56 bits per heavy atom. The van der Waals surface area contributed by atoms with E-state index in [-0.39, 0.29) is 24.9 Å². The first kappa shape index (κ1) is 12.4. The lowest BCUT2D eigenvalue weighted by Crippen LogP contribution is -2.33. The van der Waals surface area contributed by atoms with Crippen molar-refractivity contribution in [3.63, 3.8) is 0 Å². The zero-order valence-electron chi connectivity index (χ0n) is 8.90. The maximum atomic E-state index is 12.7. The number of aliphatic hydroxyl groups is 1. The van der Waals surface area contributed by atoms with Crippen molar-refractivity contribution >= 4 is 5.91 Å². The summed E-state index contributed by atoms with van der Waals surface area (Å²) >= 11 is 0. The number of amides is 1. The van der Waals surface area contributed by atoms with Crippen LogP contribution in [0.4, 0.5) is 4.39 Å². The molecule has 0 aliphatic carbocycles. The topological polar surface area (TPSA) is 40.5 Å². The highest BCUT2D eigenvalue weighted by Gasteiger charge is 2.13. The van der Waals surface area contributed by atoms with Gasteiger partial charge in [0.05, 0.1) is 6.61 Å². The summed E-state index contributed by atoms with van der Waals surface area (Å²) < 4.78 is 12.7. The lowest BCUT2D eigenvalue weighted by atomic mass is 10.2. The summed E-state index contributed by atoms with van der Waals surface area (Å²) in [5.41, 5.74) is 0.400. The fourth-order valence-corrected chi connectivity index (χ4v) is 1.33. The molecule has 0 saturated heterocycles. The molecule has 1 amide bonds. The molecule has 0 saturated carbocycles. The number of hydrogen-bond donors (Lipinski definition) is 1. The Morgan fingerprint density at radius 1 is 1.44 bits per heavy atom. The SMILES string of the molecule is C=CCN(CCO)C(=O)c1ccc(F)cc1. The summed E-state index contributed by atoms with van der Waals surface area (Å²) in [6, 6.07) is 5.31. The molecule has 4 heteroatoms. The molecule has 1 aromatic rings. The smallest absolute Gasteiger partial charge is 0.254 e. The summed E-state index contributed by atoms with van der Waals surface area (Å²) in [5.74, 6) is -0.622. The highest BCUT2D eigenvalue weighted by Crippen LogP contribution is 2.06. The second-order valence-corrected chi connectivity index (χ2v) is 3.27. The molecule has 16 heavy (non-hydrogen) atoms. The third kappa shape index (κ3) is 3.17. The van der Waals surface area contributed by atoms with Crippen LogP contribution >= 0.6 is 0 Å². The molecular formula is C12H14FNO2. The average Bonchev–Trinajstić information content (AvgIpc) is 2.29. The van der Waals surface area contributed by atoms with E-state index in [0.717, 1.165) is 0 Å². The molecule has 3 nitrogen and oxygen atoms in total. The lowest BCUT2D eigenvalue weighted by molar-refractivity contribution is 0.0743. The lowest BCUT2D eigenvalue weighted by Gasteiger charge is -2.19. The van der Waals surface area contributed by atoms with Crippen LogP contribution in [-0.4, -0.2) is 35.6 Å². The Bertz CT molecular complexity index is 362. The van der Waals surface area contributed by atoms with Crippen LogP contribution in [0.3, 0.4) is 0 Å². The van der Waals surface area contributed by atoms with Gasteiger partial charge in [0.1, 0.15) is 5.82 Å². The Kier molecular flexibility index (Phi) is 4.66. The van der Waals surface area contributed by atoms with Gasteiger partial charge in [-0.25, -0.2) is 4.39 Å². The molecule has 0 radical (unpaired) electrons. The molecule has 1 rings (SSSR count). The van der Waals surface area contributed by atoms with Gasteiger partial charge in [0.25, 0.3) is 5.91 Å². The second kappa shape index (κ2) is 6.02. The molecule has 0 atom stereocenters. The van der Waals surface area contributed by atoms with Gasteiger partial charge >= 0.3 is 0 Å². The van der Waals surface area contributed by atoms with E-state index in [2.05, 4.69) is 6.58 Å². The predicted octanol–water partition coefficient (Wildman–Crippen LogP) is 1.45. The van der Waals surface area contributed by atoms with Crippen molar-refractivity contribution in [1.29, 1.82) is 0 Å². The number of aliphatic hydroxyl groups excluding tert-OH is 1. The molecule has 0 aliphatic rings. The number of hydrogen-bond acceptors (Lipinski definition) is 2. The Labute approximate surface area is 93.8 Å². The summed E-state index contributed by atoms with van der Waals surface area (Å²) in [6.07, 6.45) is 1.58. The van der Waals surface area contributed by atoms with Crippen LogP contribution in [0.25, 0.3) is 0 Å². The van der Waals surface area contributed by atoms with Crippen LogP contribution in [0.2, 0.25) is 0 Å². The fourth-order valence-electron chi connectivity index (χ4n) is 1.33. The minimum Gasteiger partial charge on any atom is -0.395 e. The van der Waals surface area contributed by atoms with Crippen molar-refractivity contribution in [2.75, 3.05) is 19.7 Å². The number of nitrogens with zero attached hydrogens (tertiary/aromatic N) is 1. The minimum atomic E-state index is -0.381. The van der Waals surface area contributed by atoms with Gasteiger partial charge in [-0.1, -0.05) is 6.08 Å². The largest absolute Gasteiger partial charge is 0.395 e. The monoisotopic (exact) mass is 223 g/mol. The molecule has 0 spiro atoms. The molecule has 0 bridgehead atoms. The molecule has 0 fully saturated rings. The normalized spacial score (nSPS) is 9.88. The molecule has 1 aromatic carbocycles. The van der Waals surface area contributed by atoms with Gasteiger partial charge < -0.3 is 10.0 Å². The molecule has 0 aromatic heterocycles. The predicted molar refractivity (Wildman–Crippen MR) is 59.6 cm³/mol. The van der Waals surface area contributed by atoms with Gasteiger partial charge in [-0.15, -0.1) is 6.58 Å². The number of rotatable bonds is 5. The Hall–Kier alpha value is -1.68. The first-order valence-electron chi connectivity index (χ1n) is 4.95. The van der Waals surface area contributed by atoms with Crippen LogP contribution in [-0.2, 0) is 0 Å². The van der Waals surface area contributed by atoms with Crippen molar-refractivity contribution in [2.45, 2.75) is 0 Å². The van der Waals surface area contributed by atoms with Crippen molar-refractivity contribution in [3.05, 3.63) is 48.3 Å². The molecular weight excluding hydrogens is 209 g/mol. The van der Waals surface area contributed by atoms with E-state index < -0.39 is 0 Å². The van der Waals surface area contributed by atoms with Crippen molar-refractivity contribution in [3.8, 4) is 0 Å². The first-order chi connectivity index (χ1) is 7.69. The van der Waals surface area contributed by atoms with E-state index in [1.165, 1.54) is 29.2 Å². The van der Waals surface area contributed by atoms with Crippen molar-refractivity contribution in [2.24, 2.45) is 0 Å². The van der Waals surface area contributed by atoms with Crippen LogP contribution in [0, 0.1) is 5.82 Å². The highest BCUT2D eigenvalue weighted by molar-refractivity contribution is 5.94. The quantitative estimate of drug-likeness (QED) is 0.767. The Balaban J connectivity index is 2.80. The summed E-state index contributed by atoms with van der Waals surface area (Å²) in [7, 11) is 0. The molecule has 86 valence electrons. The van der Waals surface area contributed by atoms with Gasteiger partial charge in [0.15, 0.2) is 0 Å². The highest BCUT2D eigenvalue weighted by atomic mass is 19.1. The second-order valence-electron chi connectivity index (χ2n) is 3.27. The van der Waals surface area contributed by atoms with Gasteiger partial charge in [-0.2, -0.15) is 0 Å². The molecule has 0 unspecified atom stereocenters. The zero-order chi connectivity index (χ0) is 12.0. The van der Waals surface area contributed by atoms with Crippen molar-refractivity contribution < 1.29 is 14.3 Å². The van der Waals surface area contributed by atoms with Gasteiger partial charge in [0, 0.05) is 18.7 Å². The van der Waals surface area contributed by atoms with Crippen LogP contribution in [0.1, 0.15) is 10.4 Å². The van der Waals surface area contributed by atoms with E-state index in [4.69, 9.17) is 5.11 Å². The van der Waals surface area contributed by atoms with E-state index in [1.54, 1.807) is 6.08 Å². The molecule has 0 aliphatic heterocycles. The summed E-state index contributed by atoms with van der Waals surface area (Å²) in [6.45, 7) is 4.02. The minimum absolute atomic E-state index is 0.110. The first-order valence-corrected chi connectivity index (χ1v) is 4.95. The van der Waals surface area contributed by atoms with Crippen LogP contribution < -0.4 is 0 Å². The van der Waals surface area contributed by atoms with Crippen LogP contribution in [0.5, 0.6) is 0 Å². The molecule has 0 heterocycles. The number of benzene rings is 1. The third-order valence-electron chi connectivity index (χ3n) is 2.10. The summed E-state index contributed by atoms with van der Waals surface area (Å²) in [5, 5.41) is 8.82. The third-order valence-corrected chi connectivity index (χ3v) is 2.10. The summed E-state index contributed by atoms with van der Waals surface area (Å²) in [4.78, 5) is 13.3. The average molecular weight is 223 g/mol. The Morgan fingerprint density at radius 2 is 2.06 bits per heavy atom. The van der Waals surface area contributed by atoms with Crippen LogP contribution in [0.15, 0.2) is 36.9 Å². The fraction of sp³-hybridized carbons (Fsp3) is 0.250. The van der Waals surface area contributed by atoms with Gasteiger partial charge in [-0.3, -0.25) is 4.79 Å². The maximum Gasteiger partial charge on any atom is 0.254 e. The maximum absolute atomic E-state index is 12.7. The van der Waals surface area contributed by atoms with Gasteiger partial charge in [-0.05, 0) is 24.3 Å². The van der Waals surface area contributed by atoms with E-state index >= 15 is 0 Å². The molecule has 1 N–H and O–H groups in total. The van der Waals surface area contributed by atoms with Gasteiger partial charge in [0.2, 0.25) is 0 Å². The van der Waals surface area contributed by atoms with E-state index in [1.807, 2.05) is 0 Å². The number of carbonyl (C=O) groups is 1. The number of halogens is 1. The van der Waals surface area contributed by atoms with E-state index in [0.29, 0.717) is 12.1 Å². The number of carbonyl (C=O) groups excluding carboxylic acids is 1. The van der Waals surface area contributed by atoms with E-state index in [9.17, 15) is 9.18 Å².